The number of hydrogen-bond donors (Lipinski definition) is 1. The normalized spacial score (nSPS) is 12.4. The van der Waals surface area contributed by atoms with Crippen LogP contribution in [0.25, 0.3) is 0 Å². The second-order valence-electron chi connectivity index (χ2n) is 7.13. The van der Waals surface area contributed by atoms with E-state index in [0.29, 0.717) is 17.8 Å². The van der Waals surface area contributed by atoms with E-state index in [0.717, 1.165) is 24.3 Å². The van der Waals surface area contributed by atoms with Crippen LogP contribution in [0.1, 0.15) is 15.9 Å². The summed E-state index contributed by atoms with van der Waals surface area (Å²) in [6.45, 7) is 1.13. The molecule has 0 fully saturated rings. The van der Waals surface area contributed by atoms with Crippen LogP contribution in [0.2, 0.25) is 0 Å². The van der Waals surface area contributed by atoms with E-state index in [1.807, 2.05) is 48.5 Å². The number of rotatable bonds is 5. The van der Waals surface area contributed by atoms with E-state index in [9.17, 15) is 9.59 Å². The number of nitrogens with one attached hydrogen (secondary N) is 1. The van der Waals surface area contributed by atoms with Crippen LogP contribution in [0.3, 0.4) is 0 Å². The van der Waals surface area contributed by atoms with Gasteiger partial charge in [0, 0.05) is 36.2 Å². The number of nitrogens with zero attached hydrogens (tertiary/aromatic N) is 2. The van der Waals surface area contributed by atoms with Gasteiger partial charge in [0.15, 0.2) is 0 Å². The Balaban J connectivity index is 1.42. The largest absolute Gasteiger partial charge is 0.362 e. The first-order chi connectivity index (χ1) is 14.1. The highest BCUT2D eigenvalue weighted by molar-refractivity contribution is 6.06. The van der Waals surface area contributed by atoms with Crippen molar-refractivity contribution < 1.29 is 9.59 Å². The Kier molecular flexibility index (Phi) is 5.29. The highest BCUT2D eigenvalue weighted by Crippen LogP contribution is 2.27. The van der Waals surface area contributed by atoms with Gasteiger partial charge in [0.25, 0.3) is 5.91 Å². The van der Waals surface area contributed by atoms with Gasteiger partial charge in [-0.1, -0.05) is 42.5 Å². The summed E-state index contributed by atoms with van der Waals surface area (Å²) in [7, 11) is 1.74. The second kappa shape index (κ2) is 8.19. The molecule has 0 unspecified atom stereocenters. The molecule has 0 atom stereocenters. The molecule has 1 heterocycles. The molecule has 1 N–H and O–H groups in total. The summed E-state index contributed by atoms with van der Waals surface area (Å²) >= 11 is 0. The van der Waals surface area contributed by atoms with Gasteiger partial charge >= 0.3 is 0 Å². The Bertz CT molecular complexity index is 1030. The zero-order valence-corrected chi connectivity index (χ0v) is 16.3. The molecular formula is C24H23N3O2. The van der Waals surface area contributed by atoms with E-state index in [1.165, 1.54) is 5.56 Å². The summed E-state index contributed by atoms with van der Waals surface area (Å²) in [6, 6.07) is 24.7. The average Bonchev–Trinajstić information content (AvgIpc) is 3.16. The molecule has 0 aromatic heterocycles. The third kappa shape index (κ3) is 4.14. The van der Waals surface area contributed by atoms with Gasteiger partial charge < -0.3 is 15.1 Å². The molecule has 0 radical (unpaired) electrons. The Morgan fingerprint density at radius 2 is 1.72 bits per heavy atom. The molecule has 4 rings (SSSR count). The van der Waals surface area contributed by atoms with E-state index in [1.54, 1.807) is 36.2 Å². The average molecular weight is 385 g/mol. The van der Waals surface area contributed by atoms with Crippen LogP contribution in [-0.4, -0.2) is 32.0 Å². The van der Waals surface area contributed by atoms with Crippen LogP contribution in [-0.2, 0) is 11.2 Å². The maximum absolute atomic E-state index is 12.8. The lowest BCUT2D eigenvalue weighted by Gasteiger charge is -2.19. The molecule has 3 aromatic carbocycles. The van der Waals surface area contributed by atoms with Gasteiger partial charge in [0.2, 0.25) is 5.91 Å². The van der Waals surface area contributed by atoms with Gasteiger partial charge in [-0.05, 0) is 48.4 Å². The van der Waals surface area contributed by atoms with E-state index < -0.39 is 0 Å². The summed E-state index contributed by atoms with van der Waals surface area (Å²) in [5.41, 5.74) is 4.36. The van der Waals surface area contributed by atoms with Crippen LogP contribution in [0.4, 0.5) is 17.1 Å². The fraction of sp³-hybridized carbons (Fsp3) is 0.167. The number of benzene rings is 3. The lowest BCUT2D eigenvalue weighted by atomic mass is 10.1. The molecule has 1 aliphatic rings. The predicted molar refractivity (Wildman–Crippen MR) is 117 cm³/mol. The third-order valence-corrected chi connectivity index (χ3v) is 5.16. The topological polar surface area (TPSA) is 52.7 Å². The van der Waals surface area contributed by atoms with Crippen LogP contribution >= 0.6 is 0 Å². The van der Waals surface area contributed by atoms with Gasteiger partial charge in [-0.3, -0.25) is 9.59 Å². The second-order valence-corrected chi connectivity index (χ2v) is 7.13. The number of para-hydroxylation sites is 2. The van der Waals surface area contributed by atoms with Crippen molar-refractivity contribution in [2.24, 2.45) is 0 Å². The molecular weight excluding hydrogens is 362 g/mol. The monoisotopic (exact) mass is 385 g/mol. The fourth-order valence-corrected chi connectivity index (χ4v) is 3.64. The first-order valence-electron chi connectivity index (χ1n) is 9.68. The molecule has 2 amide bonds. The molecule has 1 aliphatic heterocycles. The van der Waals surface area contributed by atoms with Gasteiger partial charge in [0.05, 0.1) is 6.54 Å². The Labute approximate surface area is 170 Å². The Morgan fingerprint density at radius 1 is 0.966 bits per heavy atom. The first-order valence-corrected chi connectivity index (χ1v) is 9.68. The van der Waals surface area contributed by atoms with Gasteiger partial charge in [-0.15, -0.1) is 0 Å². The number of carbonyl (C=O) groups excluding carboxylic acids is 2. The quantitative estimate of drug-likeness (QED) is 0.723. The van der Waals surface area contributed by atoms with Crippen LogP contribution < -0.4 is 15.1 Å². The van der Waals surface area contributed by atoms with Crippen molar-refractivity contribution in [1.29, 1.82) is 0 Å². The minimum Gasteiger partial charge on any atom is -0.362 e. The SMILES string of the molecule is CN(C(=O)c1cccc(NC(=O)CN2CCc3ccccc32)c1)c1ccccc1. The van der Waals surface area contributed by atoms with Crippen molar-refractivity contribution >= 4 is 28.9 Å². The zero-order chi connectivity index (χ0) is 20.2. The zero-order valence-electron chi connectivity index (χ0n) is 16.3. The van der Waals surface area contributed by atoms with Gasteiger partial charge in [-0.2, -0.15) is 0 Å². The lowest BCUT2D eigenvalue weighted by molar-refractivity contribution is -0.115. The van der Waals surface area contributed by atoms with Crippen LogP contribution in [0.5, 0.6) is 0 Å². The fourth-order valence-electron chi connectivity index (χ4n) is 3.64. The number of hydrogen-bond acceptors (Lipinski definition) is 3. The minimum absolute atomic E-state index is 0.0947. The summed E-state index contributed by atoms with van der Waals surface area (Å²) < 4.78 is 0. The van der Waals surface area contributed by atoms with E-state index in [2.05, 4.69) is 16.3 Å². The molecule has 0 aliphatic carbocycles. The van der Waals surface area contributed by atoms with E-state index in [4.69, 9.17) is 0 Å². The molecule has 5 heteroatoms. The van der Waals surface area contributed by atoms with E-state index in [-0.39, 0.29) is 11.8 Å². The van der Waals surface area contributed by atoms with Crippen molar-refractivity contribution in [2.45, 2.75) is 6.42 Å². The van der Waals surface area contributed by atoms with E-state index >= 15 is 0 Å². The van der Waals surface area contributed by atoms with Crippen LogP contribution in [0, 0.1) is 0 Å². The first kappa shape index (κ1) is 18.7. The number of amides is 2. The summed E-state index contributed by atoms with van der Waals surface area (Å²) in [5.74, 6) is -0.219. The van der Waals surface area contributed by atoms with Gasteiger partial charge in [0.1, 0.15) is 0 Å². The highest BCUT2D eigenvalue weighted by Gasteiger charge is 2.21. The standard InChI is InChI=1S/C24H23N3O2/c1-26(21-11-3-2-4-12-21)24(29)19-9-7-10-20(16-19)25-23(28)17-27-15-14-18-8-5-6-13-22(18)27/h2-13,16H,14-15,17H2,1H3,(H,25,28). The Morgan fingerprint density at radius 3 is 2.55 bits per heavy atom. The maximum Gasteiger partial charge on any atom is 0.258 e. The molecule has 0 saturated heterocycles. The van der Waals surface area contributed by atoms with Crippen molar-refractivity contribution in [1.82, 2.24) is 0 Å². The maximum atomic E-state index is 12.8. The van der Waals surface area contributed by atoms with Crippen molar-refractivity contribution in [3.63, 3.8) is 0 Å². The summed E-state index contributed by atoms with van der Waals surface area (Å²) in [5, 5.41) is 2.92. The molecule has 0 spiro atoms. The molecule has 5 nitrogen and oxygen atoms in total. The van der Waals surface area contributed by atoms with Crippen molar-refractivity contribution in [2.75, 3.05) is 35.3 Å². The van der Waals surface area contributed by atoms with Crippen LogP contribution in [0.15, 0.2) is 78.9 Å². The number of fused-ring (bicyclic) bond motifs is 1. The third-order valence-electron chi connectivity index (χ3n) is 5.16. The molecule has 3 aromatic rings. The summed E-state index contributed by atoms with van der Waals surface area (Å²) in [4.78, 5) is 29.1. The number of carbonyl (C=O) groups is 2. The number of anilines is 3. The highest BCUT2D eigenvalue weighted by atomic mass is 16.2. The molecule has 0 bridgehead atoms. The molecule has 0 saturated carbocycles. The van der Waals surface area contributed by atoms with Gasteiger partial charge in [-0.25, -0.2) is 0 Å². The lowest BCUT2D eigenvalue weighted by Crippen LogP contribution is -2.32. The van der Waals surface area contributed by atoms with Crippen molar-refractivity contribution in [3.8, 4) is 0 Å². The smallest absolute Gasteiger partial charge is 0.258 e. The molecule has 29 heavy (non-hydrogen) atoms. The minimum atomic E-state index is -0.124. The summed E-state index contributed by atoms with van der Waals surface area (Å²) in [6.07, 6.45) is 0.958. The van der Waals surface area contributed by atoms with Crippen molar-refractivity contribution in [3.05, 3.63) is 90.0 Å². The Hall–Kier alpha value is -3.60. The molecule has 146 valence electrons. The predicted octanol–water partition coefficient (Wildman–Crippen LogP) is 3.96.